The van der Waals surface area contributed by atoms with E-state index in [1.807, 2.05) is 0 Å². The van der Waals surface area contributed by atoms with E-state index >= 15 is 0 Å². The van der Waals surface area contributed by atoms with Gasteiger partial charge in [-0.2, -0.15) is 0 Å². The van der Waals surface area contributed by atoms with Crippen LogP contribution in [0.2, 0.25) is 0 Å². The molecule has 0 amide bonds. The van der Waals surface area contributed by atoms with Gasteiger partial charge >= 0.3 is 0 Å². The van der Waals surface area contributed by atoms with Crippen molar-refractivity contribution >= 4 is 0 Å². The first-order valence-electron chi connectivity index (χ1n) is 2.21. The molecule has 0 rings (SSSR count). The predicted molar refractivity (Wildman–Crippen MR) is 27.4 cm³/mol. The van der Waals surface area contributed by atoms with Gasteiger partial charge in [0.15, 0.2) is 0 Å². The van der Waals surface area contributed by atoms with Crippen LogP contribution in [0, 0.1) is 5.21 Å². The van der Waals surface area contributed by atoms with Crippen LogP contribution < -0.4 is 0 Å². The normalized spacial score (nSPS) is 12.0. The smallest absolute Gasteiger partial charge is 0.101 e. The standard InChI is InChI=1S/C4H11NO2/c1-5(2,7)3-4-6/h6H,3-4H2,1-2H3. The summed E-state index contributed by atoms with van der Waals surface area (Å²) in [5, 5.41) is 18.7. The summed E-state index contributed by atoms with van der Waals surface area (Å²) in [5.41, 5.74) is 0. The first kappa shape index (κ1) is 6.88. The molecule has 1 N–H and O–H groups in total. The summed E-state index contributed by atoms with van der Waals surface area (Å²) in [6.07, 6.45) is 0. The molecule has 0 atom stereocenters. The zero-order valence-electron chi connectivity index (χ0n) is 4.72. The molecule has 0 aromatic rings. The number of hydrogen-bond acceptors (Lipinski definition) is 2. The van der Waals surface area contributed by atoms with Crippen molar-refractivity contribution in [3.8, 4) is 0 Å². The fourth-order valence-electron chi connectivity index (χ4n) is 0.241. The van der Waals surface area contributed by atoms with Gasteiger partial charge in [0.2, 0.25) is 0 Å². The van der Waals surface area contributed by atoms with Crippen LogP contribution in [0.4, 0.5) is 0 Å². The minimum Gasteiger partial charge on any atom is -0.633 e. The highest BCUT2D eigenvalue weighted by atomic mass is 16.5. The topological polar surface area (TPSA) is 43.3 Å². The number of rotatable bonds is 2. The lowest BCUT2D eigenvalue weighted by molar-refractivity contribution is -0.840. The molecule has 0 spiro atoms. The number of quaternary nitrogens is 1. The van der Waals surface area contributed by atoms with Crippen molar-refractivity contribution in [3.63, 3.8) is 0 Å². The molecule has 3 nitrogen and oxygen atoms in total. The van der Waals surface area contributed by atoms with E-state index in [1.54, 1.807) is 0 Å². The van der Waals surface area contributed by atoms with E-state index in [-0.39, 0.29) is 13.2 Å². The monoisotopic (exact) mass is 105 g/mol. The van der Waals surface area contributed by atoms with Gasteiger partial charge in [-0.05, 0) is 0 Å². The van der Waals surface area contributed by atoms with Crippen molar-refractivity contribution in [2.75, 3.05) is 27.2 Å². The lowest BCUT2D eigenvalue weighted by atomic mass is 10.6. The van der Waals surface area contributed by atoms with Crippen molar-refractivity contribution in [1.29, 1.82) is 0 Å². The number of nitrogens with zero attached hydrogens (tertiary/aromatic N) is 1. The summed E-state index contributed by atoms with van der Waals surface area (Å²) in [7, 11) is 2.99. The Bertz CT molecular complexity index is 48.1. The van der Waals surface area contributed by atoms with Crippen molar-refractivity contribution in [1.82, 2.24) is 0 Å². The number of hydrogen-bond donors (Lipinski definition) is 1. The number of aliphatic hydroxyl groups is 1. The molecule has 0 aliphatic heterocycles. The molecular formula is C4H11NO2. The molecular weight excluding hydrogens is 94.0 g/mol. The molecule has 0 bridgehead atoms. The highest BCUT2D eigenvalue weighted by Gasteiger charge is 1.95. The molecule has 3 heteroatoms. The van der Waals surface area contributed by atoms with Gasteiger partial charge < -0.3 is 15.0 Å². The van der Waals surface area contributed by atoms with Gasteiger partial charge in [0.1, 0.15) is 6.54 Å². The van der Waals surface area contributed by atoms with E-state index in [1.165, 1.54) is 14.1 Å². The van der Waals surface area contributed by atoms with Gasteiger partial charge in [-0.25, -0.2) is 0 Å². The lowest BCUT2D eigenvalue weighted by Crippen LogP contribution is -2.34. The zero-order valence-corrected chi connectivity index (χ0v) is 4.72. The zero-order chi connectivity index (χ0) is 5.91. The molecule has 44 valence electrons. The average molecular weight is 105 g/mol. The summed E-state index contributed by atoms with van der Waals surface area (Å²) in [4.78, 5) is 0. The van der Waals surface area contributed by atoms with Gasteiger partial charge in [0, 0.05) is 0 Å². The minimum absolute atomic E-state index is 0.0312. The Hall–Kier alpha value is -0.120. The molecule has 0 saturated carbocycles. The Morgan fingerprint density at radius 3 is 2.00 bits per heavy atom. The van der Waals surface area contributed by atoms with Crippen LogP contribution in [-0.2, 0) is 0 Å². The number of likely N-dealkylation sites (N-methyl/N-ethyl adjacent to an activating group) is 1. The number of aliphatic hydroxyl groups excluding tert-OH is 1. The van der Waals surface area contributed by atoms with Gasteiger partial charge in [-0.3, -0.25) is 0 Å². The van der Waals surface area contributed by atoms with E-state index < -0.39 is 4.65 Å². The highest BCUT2D eigenvalue weighted by Crippen LogP contribution is 1.87. The Kier molecular flexibility index (Phi) is 2.22. The molecule has 7 heavy (non-hydrogen) atoms. The van der Waals surface area contributed by atoms with E-state index in [0.717, 1.165) is 0 Å². The second-order valence-electron chi connectivity index (χ2n) is 2.02. The molecule has 0 saturated heterocycles. The van der Waals surface area contributed by atoms with E-state index in [4.69, 9.17) is 5.11 Å². The molecule has 0 unspecified atom stereocenters. The summed E-state index contributed by atoms with van der Waals surface area (Å²) in [6.45, 7) is 0.247. The van der Waals surface area contributed by atoms with Crippen LogP contribution in [0.15, 0.2) is 0 Å². The Morgan fingerprint density at radius 1 is 1.57 bits per heavy atom. The lowest BCUT2D eigenvalue weighted by Gasteiger charge is -2.32. The second-order valence-corrected chi connectivity index (χ2v) is 2.02. The van der Waals surface area contributed by atoms with Crippen LogP contribution in [-0.4, -0.2) is 37.0 Å². The van der Waals surface area contributed by atoms with Crippen molar-refractivity contribution in [2.45, 2.75) is 0 Å². The maximum atomic E-state index is 10.5. The van der Waals surface area contributed by atoms with Crippen molar-refractivity contribution in [3.05, 3.63) is 5.21 Å². The highest BCUT2D eigenvalue weighted by molar-refractivity contribution is 4.25. The fraction of sp³-hybridized carbons (Fsp3) is 1.00. The van der Waals surface area contributed by atoms with Gasteiger partial charge in [-0.15, -0.1) is 0 Å². The van der Waals surface area contributed by atoms with Crippen LogP contribution in [0.5, 0.6) is 0 Å². The van der Waals surface area contributed by atoms with Crippen molar-refractivity contribution < 1.29 is 9.75 Å². The largest absolute Gasteiger partial charge is 0.633 e. The number of hydroxylamine groups is 3. The van der Waals surface area contributed by atoms with E-state index in [0.29, 0.717) is 0 Å². The van der Waals surface area contributed by atoms with Gasteiger partial charge in [0.05, 0.1) is 20.7 Å². The average Bonchev–Trinajstić information content (AvgIpc) is 1.30. The molecule has 0 radical (unpaired) electrons. The molecule has 0 heterocycles. The van der Waals surface area contributed by atoms with Gasteiger partial charge in [-0.1, -0.05) is 0 Å². The molecule has 0 aromatic carbocycles. The van der Waals surface area contributed by atoms with Crippen LogP contribution in [0.25, 0.3) is 0 Å². The molecule has 0 aliphatic carbocycles. The van der Waals surface area contributed by atoms with Crippen LogP contribution in [0.1, 0.15) is 0 Å². The fourth-order valence-corrected chi connectivity index (χ4v) is 0.241. The van der Waals surface area contributed by atoms with E-state index in [2.05, 4.69) is 0 Å². The van der Waals surface area contributed by atoms with Crippen LogP contribution in [0.3, 0.4) is 0 Å². The first-order valence-corrected chi connectivity index (χ1v) is 2.21. The third-order valence-corrected chi connectivity index (χ3v) is 0.639. The Labute approximate surface area is 43.3 Å². The van der Waals surface area contributed by atoms with Crippen LogP contribution >= 0.6 is 0 Å². The first-order chi connectivity index (χ1) is 3.06. The predicted octanol–water partition coefficient (Wildman–Crippen LogP) is -0.447. The SMILES string of the molecule is C[N+](C)([O-])CCO. The summed E-state index contributed by atoms with van der Waals surface area (Å²) < 4.78 is -0.406. The molecule has 0 aromatic heterocycles. The quantitative estimate of drug-likeness (QED) is 0.382. The summed E-state index contributed by atoms with van der Waals surface area (Å²) in [5.74, 6) is 0. The Morgan fingerprint density at radius 2 is 2.00 bits per heavy atom. The third-order valence-electron chi connectivity index (χ3n) is 0.639. The van der Waals surface area contributed by atoms with E-state index in [9.17, 15) is 5.21 Å². The van der Waals surface area contributed by atoms with Crippen molar-refractivity contribution in [2.24, 2.45) is 0 Å². The maximum Gasteiger partial charge on any atom is 0.101 e. The van der Waals surface area contributed by atoms with Gasteiger partial charge in [0.25, 0.3) is 0 Å². The minimum atomic E-state index is -0.406. The maximum absolute atomic E-state index is 10.5. The molecule has 0 aliphatic rings. The summed E-state index contributed by atoms with van der Waals surface area (Å²) in [6, 6.07) is 0. The summed E-state index contributed by atoms with van der Waals surface area (Å²) >= 11 is 0. The Balaban J connectivity index is 3.15. The third kappa shape index (κ3) is 5.88. The second kappa shape index (κ2) is 2.26. The molecule has 0 fully saturated rings.